The zero-order valence-electron chi connectivity index (χ0n) is 12.0. The van der Waals surface area contributed by atoms with Crippen LogP contribution < -0.4 is 5.32 Å². The number of nitrogens with one attached hydrogen (secondary N) is 1. The van der Waals surface area contributed by atoms with E-state index in [-0.39, 0.29) is 0 Å². The molecule has 2 saturated carbocycles. The van der Waals surface area contributed by atoms with Gasteiger partial charge in [0.2, 0.25) is 0 Å². The predicted molar refractivity (Wildman–Crippen MR) is 72.1 cm³/mol. The first-order valence-corrected chi connectivity index (χ1v) is 7.29. The molecule has 0 radical (unpaired) electrons. The second-order valence-electron chi connectivity index (χ2n) is 7.09. The van der Waals surface area contributed by atoms with Gasteiger partial charge in [0.15, 0.2) is 0 Å². The number of ether oxygens (including phenoxy) is 1. The minimum Gasteiger partial charge on any atom is -0.376 e. The van der Waals surface area contributed by atoms with Gasteiger partial charge in [-0.3, -0.25) is 0 Å². The van der Waals surface area contributed by atoms with Gasteiger partial charge in [-0.05, 0) is 56.4 Å². The van der Waals surface area contributed by atoms with Gasteiger partial charge in [-0.1, -0.05) is 20.8 Å². The molecule has 2 fully saturated rings. The first-order chi connectivity index (χ1) is 8.00. The first kappa shape index (κ1) is 13.4. The van der Waals surface area contributed by atoms with E-state index in [2.05, 4.69) is 33.1 Å². The zero-order chi connectivity index (χ0) is 12.5. The summed E-state index contributed by atoms with van der Waals surface area (Å²) in [5, 5.41) is 3.45. The lowest BCUT2D eigenvalue weighted by Crippen LogP contribution is -2.46. The monoisotopic (exact) mass is 239 g/mol. The lowest BCUT2D eigenvalue weighted by atomic mass is 9.70. The fourth-order valence-electron chi connectivity index (χ4n) is 2.97. The standard InChI is InChI=1S/C15H29NO/c1-15(2,3)12-7-8-13(16-4)14(9-12)17-10-11-5-6-11/h11-14,16H,5-10H2,1-4H3. The third-order valence-electron chi connectivity index (χ3n) is 4.63. The Morgan fingerprint density at radius 3 is 2.35 bits per heavy atom. The molecule has 0 amide bonds. The molecule has 0 aromatic heterocycles. The van der Waals surface area contributed by atoms with Gasteiger partial charge < -0.3 is 10.1 Å². The van der Waals surface area contributed by atoms with E-state index < -0.39 is 0 Å². The van der Waals surface area contributed by atoms with Crippen molar-refractivity contribution in [1.82, 2.24) is 5.32 Å². The SMILES string of the molecule is CNC1CCC(C(C)(C)C)CC1OCC1CC1. The van der Waals surface area contributed by atoms with Crippen LogP contribution in [0.5, 0.6) is 0 Å². The topological polar surface area (TPSA) is 21.3 Å². The van der Waals surface area contributed by atoms with Crippen LogP contribution in [0.4, 0.5) is 0 Å². The van der Waals surface area contributed by atoms with Crippen LogP contribution in [0.15, 0.2) is 0 Å². The summed E-state index contributed by atoms with van der Waals surface area (Å²) >= 11 is 0. The number of hydrogen-bond donors (Lipinski definition) is 1. The van der Waals surface area contributed by atoms with Gasteiger partial charge in [0.05, 0.1) is 6.10 Å². The van der Waals surface area contributed by atoms with Crippen molar-refractivity contribution in [1.29, 1.82) is 0 Å². The molecule has 100 valence electrons. The quantitative estimate of drug-likeness (QED) is 0.813. The molecule has 0 aromatic rings. The molecule has 0 spiro atoms. The van der Waals surface area contributed by atoms with Gasteiger partial charge in [-0.15, -0.1) is 0 Å². The molecule has 3 unspecified atom stereocenters. The summed E-state index contributed by atoms with van der Waals surface area (Å²) < 4.78 is 6.17. The molecule has 0 aromatic carbocycles. The maximum absolute atomic E-state index is 6.17. The average molecular weight is 239 g/mol. The third-order valence-corrected chi connectivity index (χ3v) is 4.63. The van der Waals surface area contributed by atoms with Crippen molar-refractivity contribution in [2.45, 2.75) is 65.0 Å². The second-order valence-corrected chi connectivity index (χ2v) is 7.09. The predicted octanol–water partition coefficient (Wildman–Crippen LogP) is 3.22. The highest BCUT2D eigenvalue weighted by Crippen LogP contribution is 2.39. The van der Waals surface area contributed by atoms with E-state index in [1.807, 2.05) is 0 Å². The van der Waals surface area contributed by atoms with E-state index in [4.69, 9.17) is 4.74 Å². The summed E-state index contributed by atoms with van der Waals surface area (Å²) in [6, 6.07) is 0.576. The lowest BCUT2D eigenvalue weighted by molar-refractivity contribution is -0.0301. The Balaban J connectivity index is 1.87. The highest BCUT2D eigenvalue weighted by atomic mass is 16.5. The van der Waals surface area contributed by atoms with E-state index in [0.29, 0.717) is 17.6 Å². The van der Waals surface area contributed by atoms with Gasteiger partial charge >= 0.3 is 0 Å². The van der Waals surface area contributed by atoms with E-state index in [1.54, 1.807) is 0 Å². The van der Waals surface area contributed by atoms with E-state index in [0.717, 1.165) is 18.4 Å². The highest BCUT2D eigenvalue weighted by molar-refractivity contribution is 4.89. The molecule has 2 rings (SSSR count). The summed E-state index contributed by atoms with van der Waals surface area (Å²) in [5.41, 5.74) is 0.430. The molecule has 0 heterocycles. The average Bonchev–Trinajstić information content (AvgIpc) is 3.08. The Kier molecular flexibility index (Phi) is 4.14. The van der Waals surface area contributed by atoms with Crippen LogP contribution in [-0.4, -0.2) is 25.8 Å². The fourth-order valence-corrected chi connectivity index (χ4v) is 2.97. The van der Waals surface area contributed by atoms with Gasteiger partial charge in [-0.25, -0.2) is 0 Å². The van der Waals surface area contributed by atoms with Crippen LogP contribution >= 0.6 is 0 Å². The number of rotatable bonds is 4. The van der Waals surface area contributed by atoms with Gasteiger partial charge in [-0.2, -0.15) is 0 Å². The minimum atomic E-state index is 0.430. The van der Waals surface area contributed by atoms with Crippen molar-refractivity contribution < 1.29 is 4.74 Å². The van der Waals surface area contributed by atoms with Crippen LogP contribution in [0.1, 0.15) is 52.9 Å². The van der Waals surface area contributed by atoms with Crippen molar-refractivity contribution in [3.05, 3.63) is 0 Å². The van der Waals surface area contributed by atoms with E-state index in [1.165, 1.54) is 32.1 Å². The highest BCUT2D eigenvalue weighted by Gasteiger charge is 2.36. The van der Waals surface area contributed by atoms with Crippen LogP contribution in [0.2, 0.25) is 0 Å². The summed E-state index contributed by atoms with van der Waals surface area (Å²) in [4.78, 5) is 0. The van der Waals surface area contributed by atoms with Crippen molar-refractivity contribution >= 4 is 0 Å². The van der Waals surface area contributed by atoms with Crippen molar-refractivity contribution in [2.24, 2.45) is 17.3 Å². The normalized spacial score (nSPS) is 34.9. The van der Waals surface area contributed by atoms with E-state index >= 15 is 0 Å². The second kappa shape index (κ2) is 5.27. The molecular weight excluding hydrogens is 210 g/mol. The lowest BCUT2D eigenvalue weighted by Gasteiger charge is -2.41. The molecule has 0 bridgehead atoms. The van der Waals surface area contributed by atoms with Crippen molar-refractivity contribution in [3.8, 4) is 0 Å². The maximum Gasteiger partial charge on any atom is 0.0730 e. The summed E-state index contributed by atoms with van der Waals surface area (Å²) in [5.74, 6) is 1.69. The molecule has 3 atom stereocenters. The Hall–Kier alpha value is -0.0800. The molecule has 2 nitrogen and oxygen atoms in total. The fraction of sp³-hybridized carbons (Fsp3) is 1.00. The number of hydrogen-bond acceptors (Lipinski definition) is 2. The maximum atomic E-state index is 6.17. The van der Waals surface area contributed by atoms with Crippen LogP contribution in [0.25, 0.3) is 0 Å². The largest absolute Gasteiger partial charge is 0.376 e. The van der Waals surface area contributed by atoms with Crippen LogP contribution in [0, 0.1) is 17.3 Å². The van der Waals surface area contributed by atoms with Crippen molar-refractivity contribution in [2.75, 3.05) is 13.7 Å². The zero-order valence-corrected chi connectivity index (χ0v) is 12.0. The smallest absolute Gasteiger partial charge is 0.0730 e. The minimum absolute atomic E-state index is 0.430. The molecule has 0 aliphatic heterocycles. The summed E-state index contributed by atoms with van der Waals surface area (Å²) in [7, 11) is 2.08. The number of likely N-dealkylation sites (N-methyl/N-ethyl adjacent to an activating group) is 1. The van der Waals surface area contributed by atoms with Gasteiger partial charge in [0.1, 0.15) is 0 Å². The first-order valence-electron chi connectivity index (χ1n) is 7.29. The van der Waals surface area contributed by atoms with Gasteiger partial charge in [0, 0.05) is 12.6 Å². The van der Waals surface area contributed by atoms with Crippen molar-refractivity contribution in [3.63, 3.8) is 0 Å². The van der Waals surface area contributed by atoms with Gasteiger partial charge in [0.25, 0.3) is 0 Å². The molecular formula is C15H29NO. The molecule has 1 N–H and O–H groups in total. The molecule has 0 saturated heterocycles. The summed E-state index contributed by atoms with van der Waals surface area (Å²) in [6.45, 7) is 8.11. The Bertz CT molecular complexity index is 242. The van der Waals surface area contributed by atoms with Crippen LogP contribution in [-0.2, 0) is 4.74 Å². The Morgan fingerprint density at radius 2 is 1.82 bits per heavy atom. The van der Waals surface area contributed by atoms with Crippen LogP contribution in [0.3, 0.4) is 0 Å². The molecule has 17 heavy (non-hydrogen) atoms. The third kappa shape index (κ3) is 3.69. The molecule has 2 aliphatic rings. The molecule has 2 aliphatic carbocycles. The summed E-state index contributed by atoms with van der Waals surface area (Å²) in [6.07, 6.45) is 7.08. The Labute approximate surface area is 107 Å². The van der Waals surface area contributed by atoms with E-state index in [9.17, 15) is 0 Å². The molecule has 2 heteroatoms. The Morgan fingerprint density at radius 1 is 1.12 bits per heavy atom.